The Hall–Kier alpha value is -0.850. The zero-order chi connectivity index (χ0) is 16.2. The number of esters is 1. The number of carbonyl (C=O) groups is 2. The molecule has 0 saturated heterocycles. The first-order valence-corrected chi connectivity index (χ1v) is 8.08. The molecule has 0 aliphatic carbocycles. The monoisotopic (exact) mass is 352 g/mol. The van der Waals surface area contributed by atoms with E-state index in [0.717, 1.165) is 18.0 Å². The van der Waals surface area contributed by atoms with E-state index in [1.54, 1.807) is 6.92 Å². The molecular weight excluding hydrogens is 335 g/mol. The van der Waals surface area contributed by atoms with Crippen LogP contribution in [0.1, 0.15) is 51.0 Å². The van der Waals surface area contributed by atoms with E-state index in [0.29, 0.717) is 6.42 Å². The van der Waals surface area contributed by atoms with Crippen molar-refractivity contribution < 1.29 is 14.3 Å². The van der Waals surface area contributed by atoms with Gasteiger partial charge in [0.05, 0.1) is 0 Å². The molecule has 0 aliphatic heterocycles. The van der Waals surface area contributed by atoms with Gasteiger partial charge in [0.2, 0.25) is 0 Å². The maximum atomic E-state index is 12.1. The lowest BCUT2D eigenvalue weighted by Gasteiger charge is -2.27. The normalized spacial score (nSPS) is 12.9. The van der Waals surface area contributed by atoms with Crippen molar-refractivity contribution in [2.24, 2.45) is 0 Å². The highest BCUT2D eigenvalue weighted by Crippen LogP contribution is 2.30. The van der Waals surface area contributed by atoms with Gasteiger partial charge in [-0.15, -0.1) is 0 Å². The Morgan fingerprint density at radius 2 is 2.00 bits per heavy atom. The molecule has 0 unspecified atom stereocenters. The molecular formula is C13H18Cl2N2O3S. The number of nitrogens with one attached hydrogen (secondary N) is 1. The molecule has 1 N–H and O–H groups in total. The number of carbonyl (C=O) groups excluding carboxylic acids is 2. The molecule has 0 radical (unpaired) electrons. The van der Waals surface area contributed by atoms with E-state index in [-0.39, 0.29) is 26.5 Å². The molecule has 5 nitrogen and oxygen atoms in total. The van der Waals surface area contributed by atoms with Crippen molar-refractivity contribution in [3.8, 4) is 0 Å². The predicted octanol–water partition coefficient (Wildman–Crippen LogP) is 3.69. The average Bonchev–Trinajstić information content (AvgIpc) is 2.75. The summed E-state index contributed by atoms with van der Waals surface area (Å²) >= 11 is 12.5. The quantitative estimate of drug-likeness (QED) is 0.792. The minimum atomic E-state index is -0.889. The van der Waals surface area contributed by atoms with Crippen molar-refractivity contribution >= 4 is 46.6 Å². The number of amides is 1. The minimum Gasteiger partial charge on any atom is -0.447 e. The van der Waals surface area contributed by atoms with Gasteiger partial charge in [0.15, 0.2) is 11.8 Å². The van der Waals surface area contributed by atoms with Crippen LogP contribution in [0.15, 0.2) is 0 Å². The Labute approximate surface area is 138 Å². The van der Waals surface area contributed by atoms with Crippen molar-refractivity contribution in [1.82, 2.24) is 9.69 Å². The van der Waals surface area contributed by atoms with Gasteiger partial charge in [-0.2, -0.15) is 4.37 Å². The van der Waals surface area contributed by atoms with Crippen LogP contribution in [0, 0.1) is 0 Å². The summed E-state index contributed by atoms with van der Waals surface area (Å²) in [5, 5.41) is 2.89. The predicted molar refractivity (Wildman–Crippen MR) is 84.1 cm³/mol. The third-order valence-corrected chi connectivity index (χ3v) is 4.66. The highest BCUT2D eigenvalue weighted by atomic mass is 35.5. The molecule has 118 valence electrons. The van der Waals surface area contributed by atoms with Gasteiger partial charge in [0, 0.05) is 5.54 Å². The topological polar surface area (TPSA) is 68.3 Å². The van der Waals surface area contributed by atoms with Crippen LogP contribution in [0.4, 0.5) is 0 Å². The standard InChI is InChI=1S/C13H18Cl2N2O3S/c1-5-7(11(18)16-13(3,4)6-2)20-12(19)9-8(14)10(15)21-17-9/h7H,5-6H2,1-4H3,(H,16,18)/t7-/m0/s1. The lowest BCUT2D eigenvalue weighted by molar-refractivity contribution is -0.131. The summed E-state index contributed by atoms with van der Waals surface area (Å²) in [5.74, 6) is -1.09. The summed E-state index contributed by atoms with van der Waals surface area (Å²) in [6.07, 6.45) is 0.226. The Bertz CT molecular complexity index is 531. The first kappa shape index (κ1) is 18.2. The second-order valence-corrected chi connectivity index (χ2v) is 6.90. The molecule has 1 atom stereocenters. The number of hydrogen-bond acceptors (Lipinski definition) is 5. The minimum absolute atomic E-state index is 0.0517. The average molecular weight is 353 g/mol. The van der Waals surface area contributed by atoms with Crippen LogP contribution in [0.5, 0.6) is 0 Å². The molecule has 1 aromatic rings. The highest BCUT2D eigenvalue weighted by Gasteiger charge is 2.28. The number of halogens is 2. The maximum absolute atomic E-state index is 12.1. The van der Waals surface area contributed by atoms with Crippen LogP contribution in [0.25, 0.3) is 0 Å². The van der Waals surface area contributed by atoms with Gasteiger partial charge in [-0.1, -0.05) is 37.0 Å². The van der Waals surface area contributed by atoms with Crippen molar-refractivity contribution in [1.29, 1.82) is 0 Å². The fraction of sp³-hybridized carbons (Fsp3) is 0.615. The molecule has 8 heteroatoms. The van der Waals surface area contributed by atoms with Crippen LogP contribution < -0.4 is 5.32 Å². The van der Waals surface area contributed by atoms with Gasteiger partial charge >= 0.3 is 5.97 Å². The van der Waals surface area contributed by atoms with Gasteiger partial charge in [-0.05, 0) is 38.2 Å². The van der Waals surface area contributed by atoms with Crippen LogP contribution in [0.3, 0.4) is 0 Å². The van der Waals surface area contributed by atoms with Crippen molar-refractivity contribution in [3.63, 3.8) is 0 Å². The smallest absolute Gasteiger partial charge is 0.360 e. The summed E-state index contributed by atoms with van der Waals surface area (Å²) in [5.41, 5.74) is -0.425. The molecule has 0 fully saturated rings. The molecule has 0 aliphatic rings. The molecule has 0 spiro atoms. The Kier molecular flexibility index (Phi) is 6.43. The van der Waals surface area contributed by atoms with Crippen LogP contribution in [-0.4, -0.2) is 27.9 Å². The molecule has 1 aromatic heterocycles. The van der Waals surface area contributed by atoms with E-state index in [9.17, 15) is 9.59 Å². The first-order valence-electron chi connectivity index (χ1n) is 6.55. The SMILES string of the molecule is CC[C@H](OC(=O)c1nsc(Cl)c1Cl)C(=O)NC(C)(C)CC. The van der Waals surface area contributed by atoms with Crippen molar-refractivity contribution in [2.75, 3.05) is 0 Å². The number of ether oxygens (including phenoxy) is 1. The Balaban J connectivity index is 2.76. The number of nitrogens with zero attached hydrogens (tertiary/aromatic N) is 1. The highest BCUT2D eigenvalue weighted by molar-refractivity contribution is 7.11. The molecule has 0 bridgehead atoms. The number of hydrogen-bond donors (Lipinski definition) is 1. The fourth-order valence-corrected chi connectivity index (χ4v) is 2.38. The van der Waals surface area contributed by atoms with Crippen LogP contribution in [0.2, 0.25) is 9.36 Å². The van der Waals surface area contributed by atoms with Crippen LogP contribution >= 0.6 is 34.7 Å². The third-order valence-electron chi connectivity index (χ3n) is 3.05. The van der Waals surface area contributed by atoms with Gasteiger partial charge in [-0.3, -0.25) is 4.79 Å². The van der Waals surface area contributed by atoms with Gasteiger partial charge < -0.3 is 10.1 Å². The van der Waals surface area contributed by atoms with Crippen molar-refractivity contribution in [3.05, 3.63) is 15.1 Å². The van der Waals surface area contributed by atoms with E-state index < -0.39 is 12.1 Å². The van der Waals surface area contributed by atoms with Gasteiger partial charge in [0.25, 0.3) is 5.91 Å². The van der Waals surface area contributed by atoms with Crippen LogP contribution in [-0.2, 0) is 9.53 Å². The van der Waals surface area contributed by atoms with E-state index in [1.165, 1.54) is 0 Å². The summed E-state index contributed by atoms with van der Waals surface area (Å²) in [4.78, 5) is 24.1. The second-order valence-electron chi connectivity index (χ2n) is 5.15. The Morgan fingerprint density at radius 3 is 2.43 bits per heavy atom. The fourth-order valence-electron chi connectivity index (χ4n) is 1.40. The van der Waals surface area contributed by atoms with Gasteiger partial charge in [-0.25, -0.2) is 4.79 Å². The summed E-state index contributed by atoms with van der Waals surface area (Å²) in [6, 6.07) is 0. The molecule has 0 aromatic carbocycles. The molecule has 1 rings (SSSR count). The lowest BCUT2D eigenvalue weighted by Crippen LogP contribution is -2.48. The number of rotatable bonds is 6. The Morgan fingerprint density at radius 1 is 1.38 bits per heavy atom. The molecule has 1 amide bonds. The lowest BCUT2D eigenvalue weighted by atomic mass is 10.0. The van der Waals surface area contributed by atoms with E-state index in [2.05, 4.69) is 9.69 Å². The third kappa shape index (κ3) is 4.83. The van der Waals surface area contributed by atoms with Gasteiger partial charge in [0.1, 0.15) is 9.36 Å². The largest absolute Gasteiger partial charge is 0.447 e. The zero-order valence-electron chi connectivity index (χ0n) is 12.3. The number of aromatic nitrogens is 1. The van der Waals surface area contributed by atoms with E-state index >= 15 is 0 Å². The second kappa shape index (κ2) is 7.42. The summed E-state index contributed by atoms with van der Waals surface area (Å²) in [6.45, 7) is 7.52. The van der Waals surface area contributed by atoms with Crippen molar-refractivity contribution in [2.45, 2.75) is 52.2 Å². The zero-order valence-corrected chi connectivity index (χ0v) is 14.7. The van der Waals surface area contributed by atoms with E-state index in [4.69, 9.17) is 27.9 Å². The first-order chi connectivity index (χ1) is 9.71. The maximum Gasteiger partial charge on any atom is 0.360 e. The summed E-state index contributed by atoms with van der Waals surface area (Å²) < 4.78 is 9.22. The summed E-state index contributed by atoms with van der Waals surface area (Å²) in [7, 11) is 0. The molecule has 0 saturated carbocycles. The van der Waals surface area contributed by atoms with E-state index in [1.807, 2.05) is 20.8 Å². The molecule has 1 heterocycles. The molecule has 21 heavy (non-hydrogen) atoms.